The van der Waals surface area contributed by atoms with Crippen LogP contribution in [0, 0.1) is 12.3 Å². The predicted octanol–water partition coefficient (Wildman–Crippen LogP) is 2.08. The maximum Gasteiger partial charge on any atom is 0.187 e. The average Bonchev–Trinajstić information content (AvgIpc) is 2.52. The molecule has 0 aliphatic heterocycles. The molecule has 0 unspecified atom stereocenters. The molecule has 0 bridgehead atoms. The highest BCUT2D eigenvalue weighted by Crippen LogP contribution is 2.27. The highest BCUT2D eigenvalue weighted by atomic mass is 32.1. The van der Waals surface area contributed by atoms with E-state index in [1.807, 2.05) is 19.1 Å². The molecule has 0 aliphatic carbocycles. The normalized spacial score (nSPS) is 9.82. The molecule has 1 aromatic rings. The summed E-state index contributed by atoms with van der Waals surface area (Å²) in [6.07, 6.45) is 8.53. The van der Waals surface area contributed by atoms with E-state index in [-0.39, 0.29) is 6.61 Å². The first kappa shape index (κ1) is 17.5. The molecule has 0 aliphatic rings. The summed E-state index contributed by atoms with van der Waals surface area (Å²) in [4.78, 5) is 0. The third kappa shape index (κ3) is 6.29. The molecular formula is C16H19N3O2S. The van der Waals surface area contributed by atoms with Crippen LogP contribution < -0.4 is 20.2 Å². The summed E-state index contributed by atoms with van der Waals surface area (Å²) in [6.45, 7) is 6.79. The lowest BCUT2D eigenvalue weighted by Crippen LogP contribution is -2.31. The SMILES string of the molecule is C#CCOc1ccc(/C=N\NC(=S)NCC=C)cc1OCC. The Morgan fingerprint density at radius 2 is 2.27 bits per heavy atom. The minimum atomic E-state index is 0.193. The van der Waals surface area contributed by atoms with E-state index in [9.17, 15) is 0 Å². The fourth-order valence-electron chi connectivity index (χ4n) is 1.48. The van der Waals surface area contributed by atoms with Crippen LogP contribution in [-0.4, -0.2) is 31.1 Å². The molecule has 0 radical (unpaired) electrons. The van der Waals surface area contributed by atoms with Crippen molar-refractivity contribution in [2.24, 2.45) is 5.10 Å². The predicted molar refractivity (Wildman–Crippen MR) is 93.5 cm³/mol. The summed E-state index contributed by atoms with van der Waals surface area (Å²) in [5.74, 6) is 3.65. The number of hydrogen-bond acceptors (Lipinski definition) is 4. The molecule has 0 amide bonds. The summed E-state index contributed by atoms with van der Waals surface area (Å²) in [7, 11) is 0. The highest BCUT2D eigenvalue weighted by molar-refractivity contribution is 7.80. The summed E-state index contributed by atoms with van der Waals surface area (Å²) < 4.78 is 10.9. The molecule has 0 saturated carbocycles. The van der Waals surface area contributed by atoms with E-state index in [4.69, 9.17) is 28.1 Å². The van der Waals surface area contributed by atoms with Crippen molar-refractivity contribution in [3.05, 3.63) is 36.4 Å². The Morgan fingerprint density at radius 1 is 1.45 bits per heavy atom. The van der Waals surface area contributed by atoms with Gasteiger partial charge in [0.25, 0.3) is 0 Å². The number of rotatable bonds is 8. The molecule has 1 rings (SSSR count). The molecule has 0 saturated heterocycles. The molecule has 5 nitrogen and oxygen atoms in total. The lowest BCUT2D eigenvalue weighted by molar-refractivity contribution is 0.299. The van der Waals surface area contributed by atoms with Gasteiger partial charge in [-0.05, 0) is 42.9 Å². The van der Waals surface area contributed by atoms with Crippen LogP contribution in [0.3, 0.4) is 0 Å². The Kier molecular flexibility index (Phi) is 8.16. The lowest BCUT2D eigenvalue weighted by atomic mass is 10.2. The van der Waals surface area contributed by atoms with Gasteiger partial charge in [0.05, 0.1) is 12.8 Å². The number of ether oxygens (including phenoxy) is 2. The van der Waals surface area contributed by atoms with Gasteiger partial charge in [-0.15, -0.1) is 13.0 Å². The zero-order valence-electron chi connectivity index (χ0n) is 12.5. The van der Waals surface area contributed by atoms with Gasteiger partial charge in [-0.2, -0.15) is 5.10 Å². The second-order valence-electron chi connectivity index (χ2n) is 4.00. The van der Waals surface area contributed by atoms with Crippen LogP contribution in [0.4, 0.5) is 0 Å². The van der Waals surface area contributed by atoms with Crippen molar-refractivity contribution in [1.29, 1.82) is 0 Å². The van der Waals surface area contributed by atoms with E-state index in [1.165, 1.54) is 0 Å². The first-order chi connectivity index (χ1) is 10.7. The van der Waals surface area contributed by atoms with Gasteiger partial charge in [0, 0.05) is 6.54 Å². The summed E-state index contributed by atoms with van der Waals surface area (Å²) >= 11 is 5.02. The molecule has 1 aromatic carbocycles. The van der Waals surface area contributed by atoms with Crippen molar-refractivity contribution >= 4 is 23.5 Å². The number of nitrogens with zero attached hydrogens (tertiary/aromatic N) is 1. The van der Waals surface area contributed by atoms with Crippen molar-refractivity contribution in [2.45, 2.75) is 6.92 Å². The Balaban J connectivity index is 2.70. The van der Waals surface area contributed by atoms with Gasteiger partial charge in [-0.3, -0.25) is 5.43 Å². The first-order valence-corrected chi connectivity index (χ1v) is 7.13. The molecule has 0 aromatic heterocycles. The zero-order valence-corrected chi connectivity index (χ0v) is 13.3. The van der Waals surface area contributed by atoms with Crippen LogP contribution in [0.5, 0.6) is 11.5 Å². The maximum absolute atomic E-state index is 5.53. The van der Waals surface area contributed by atoms with Crippen LogP contribution in [0.15, 0.2) is 36.0 Å². The Morgan fingerprint density at radius 3 is 2.95 bits per heavy atom. The minimum absolute atomic E-state index is 0.193. The van der Waals surface area contributed by atoms with Crippen molar-refractivity contribution < 1.29 is 9.47 Å². The average molecular weight is 317 g/mol. The molecule has 22 heavy (non-hydrogen) atoms. The summed E-state index contributed by atoms with van der Waals surface area (Å²) in [5, 5.41) is 7.38. The topological polar surface area (TPSA) is 54.9 Å². The number of terminal acetylenes is 1. The molecule has 2 N–H and O–H groups in total. The largest absolute Gasteiger partial charge is 0.490 e. The molecule has 6 heteroatoms. The Hall–Kier alpha value is -2.52. The maximum atomic E-state index is 5.53. The molecule has 0 atom stereocenters. The van der Waals surface area contributed by atoms with E-state index in [0.29, 0.717) is 29.8 Å². The third-order valence-electron chi connectivity index (χ3n) is 2.37. The van der Waals surface area contributed by atoms with Gasteiger partial charge in [-0.25, -0.2) is 0 Å². The van der Waals surface area contributed by atoms with Gasteiger partial charge in [-0.1, -0.05) is 12.0 Å². The number of benzene rings is 1. The molecule has 116 valence electrons. The van der Waals surface area contributed by atoms with Crippen LogP contribution in [0.2, 0.25) is 0 Å². The van der Waals surface area contributed by atoms with Crippen LogP contribution in [0.25, 0.3) is 0 Å². The number of thiocarbonyl (C=S) groups is 1. The van der Waals surface area contributed by atoms with Crippen molar-refractivity contribution in [3.8, 4) is 23.8 Å². The monoisotopic (exact) mass is 317 g/mol. The zero-order chi connectivity index (χ0) is 16.2. The van der Waals surface area contributed by atoms with E-state index in [0.717, 1.165) is 5.56 Å². The van der Waals surface area contributed by atoms with Gasteiger partial charge in [0.15, 0.2) is 16.6 Å². The van der Waals surface area contributed by atoms with E-state index in [1.54, 1.807) is 18.4 Å². The quantitative estimate of drug-likeness (QED) is 0.253. The van der Waals surface area contributed by atoms with Gasteiger partial charge < -0.3 is 14.8 Å². The second-order valence-corrected chi connectivity index (χ2v) is 4.41. The number of hydrogen-bond donors (Lipinski definition) is 2. The van der Waals surface area contributed by atoms with Gasteiger partial charge in [0.1, 0.15) is 6.61 Å². The standard InChI is InChI=1S/C16H19N3O2S/c1-4-9-17-16(22)19-18-12-13-7-8-14(21-10-5-2)15(11-13)20-6-3/h2,4,7-8,11-12H,1,6,9-10H2,3H3,(H2,17,19,22)/b18-12-. The Bertz CT molecular complexity index is 579. The van der Waals surface area contributed by atoms with Crippen molar-refractivity contribution in [1.82, 2.24) is 10.7 Å². The van der Waals surface area contributed by atoms with E-state index >= 15 is 0 Å². The van der Waals surface area contributed by atoms with Crippen LogP contribution in [0.1, 0.15) is 12.5 Å². The fraction of sp³-hybridized carbons (Fsp3) is 0.250. The number of nitrogens with one attached hydrogen (secondary N) is 2. The van der Waals surface area contributed by atoms with Gasteiger partial charge >= 0.3 is 0 Å². The third-order valence-corrected chi connectivity index (χ3v) is 2.60. The molecule has 0 fully saturated rings. The van der Waals surface area contributed by atoms with Crippen molar-refractivity contribution in [3.63, 3.8) is 0 Å². The van der Waals surface area contributed by atoms with E-state index < -0.39 is 0 Å². The first-order valence-electron chi connectivity index (χ1n) is 6.72. The van der Waals surface area contributed by atoms with Gasteiger partial charge in [0.2, 0.25) is 0 Å². The highest BCUT2D eigenvalue weighted by Gasteiger charge is 2.05. The second kappa shape index (κ2) is 10.2. The van der Waals surface area contributed by atoms with Crippen LogP contribution in [-0.2, 0) is 0 Å². The number of hydrazone groups is 1. The van der Waals surface area contributed by atoms with Crippen LogP contribution >= 0.6 is 12.2 Å². The fourth-order valence-corrected chi connectivity index (χ4v) is 1.62. The minimum Gasteiger partial charge on any atom is -0.490 e. The molecular weight excluding hydrogens is 298 g/mol. The molecule has 0 spiro atoms. The van der Waals surface area contributed by atoms with Crippen molar-refractivity contribution in [2.75, 3.05) is 19.8 Å². The smallest absolute Gasteiger partial charge is 0.187 e. The molecule has 0 heterocycles. The summed E-state index contributed by atoms with van der Waals surface area (Å²) in [6, 6.07) is 5.46. The Labute approximate surface area is 136 Å². The van der Waals surface area contributed by atoms with E-state index in [2.05, 4.69) is 28.3 Å². The summed E-state index contributed by atoms with van der Waals surface area (Å²) in [5.41, 5.74) is 3.55. The lowest BCUT2D eigenvalue weighted by Gasteiger charge is -2.10.